The molecule has 0 amide bonds. The lowest BCUT2D eigenvalue weighted by Crippen LogP contribution is -2.12. The van der Waals surface area contributed by atoms with Crippen LogP contribution in [-0.4, -0.2) is 37.0 Å². The van der Waals surface area contributed by atoms with Gasteiger partial charge in [-0.25, -0.2) is 0 Å². The smallest absolute Gasteiger partial charge is 0.307 e. The molecule has 1 aromatic carbocycles. The van der Waals surface area contributed by atoms with Crippen LogP contribution in [0.4, 0.5) is 0 Å². The van der Waals surface area contributed by atoms with Crippen LogP contribution in [0.2, 0.25) is 0 Å². The van der Waals surface area contributed by atoms with Gasteiger partial charge in [0.05, 0.1) is 17.4 Å². The number of carbonyl (C=O) groups is 1. The van der Waals surface area contributed by atoms with Crippen molar-refractivity contribution in [1.29, 1.82) is 0 Å². The number of aromatic nitrogens is 4. The molecule has 0 fully saturated rings. The minimum atomic E-state index is -0.782. The largest absolute Gasteiger partial charge is 0.481 e. The normalized spacial score (nSPS) is 12.3. The van der Waals surface area contributed by atoms with Gasteiger partial charge in [-0.05, 0) is 22.6 Å². The summed E-state index contributed by atoms with van der Waals surface area (Å²) in [6.07, 6.45) is 0. The Morgan fingerprint density at radius 2 is 2.16 bits per heavy atom. The van der Waals surface area contributed by atoms with E-state index in [0.29, 0.717) is 17.3 Å². The third-order valence-electron chi connectivity index (χ3n) is 2.56. The van der Waals surface area contributed by atoms with Gasteiger partial charge in [0.25, 0.3) is 0 Å². The lowest BCUT2D eigenvalue weighted by atomic mass is 10.2. The summed E-state index contributed by atoms with van der Waals surface area (Å²) in [5.74, 6) is 0.686. The number of benzene rings is 1. The summed E-state index contributed by atoms with van der Waals surface area (Å²) >= 11 is 1.51. The highest BCUT2D eigenvalue weighted by Crippen LogP contribution is 2.16. The molecule has 0 bridgehead atoms. The molecule has 2 rings (SSSR count). The zero-order chi connectivity index (χ0) is 13.7. The van der Waals surface area contributed by atoms with Crippen molar-refractivity contribution >= 4 is 17.7 Å². The van der Waals surface area contributed by atoms with Gasteiger partial charge in [-0.3, -0.25) is 4.79 Å². The highest BCUT2D eigenvalue weighted by Gasteiger charge is 2.13. The van der Waals surface area contributed by atoms with E-state index in [1.807, 2.05) is 30.3 Å². The van der Waals surface area contributed by atoms with Crippen molar-refractivity contribution < 1.29 is 9.90 Å². The first-order valence-corrected chi connectivity index (χ1v) is 6.97. The molecule has 0 aliphatic rings. The monoisotopic (exact) mass is 278 g/mol. The van der Waals surface area contributed by atoms with E-state index in [2.05, 4.69) is 15.5 Å². The molecule has 0 aliphatic carbocycles. The summed E-state index contributed by atoms with van der Waals surface area (Å²) < 4.78 is 1.67. The summed E-state index contributed by atoms with van der Waals surface area (Å²) in [5.41, 5.74) is 0.898. The van der Waals surface area contributed by atoms with E-state index in [1.54, 1.807) is 11.6 Å². The second-order valence-electron chi connectivity index (χ2n) is 4.10. The third-order valence-corrected chi connectivity index (χ3v) is 3.75. The molecule has 0 saturated heterocycles. The lowest BCUT2D eigenvalue weighted by molar-refractivity contribution is -0.140. The van der Waals surface area contributed by atoms with Crippen molar-refractivity contribution in [3.05, 3.63) is 36.2 Å². The fourth-order valence-electron chi connectivity index (χ4n) is 1.46. The molecule has 1 unspecified atom stereocenters. The predicted molar refractivity (Wildman–Crippen MR) is 72.1 cm³/mol. The number of nitrogens with zero attached hydrogens (tertiary/aromatic N) is 4. The molecule has 0 radical (unpaired) electrons. The second-order valence-corrected chi connectivity index (χ2v) is 5.13. The van der Waals surface area contributed by atoms with Crippen molar-refractivity contribution in [2.45, 2.75) is 12.7 Å². The number of aliphatic carboxylic acids is 1. The van der Waals surface area contributed by atoms with E-state index >= 15 is 0 Å². The predicted octanol–water partition coefficient (Wildman–Crippen LogP) is 1.62. The molecule has 19 heavy (non-hydrogen) atoms. The van der Waals surface area contributed by atoms with Crippen LogP contribution in [0.3, 0.4) is 0 Å². The maximum absolute atomic E-state index is 10.7. The molecule has 0 aliphatic heterocycles. The molecule has 1 N–H and O–H groups in total. The first-order valence-electron chi connectivity index (χ1n) is 5.81. The number of thioether (sulfide) groups is 1. The zero-order valence-corrected chi connectivity index (χ0v) is 11.2. The Balaban J connectivity index is 1.99. The molecule has 2 aromatic rings. The Labute approximate surface area is 114 Å². The van der Waals surface area contributed by atoms with Gasteiger partial charge in [0.1, 0.15) is 0 Å². The molecular weight excluding hydrogens is 264 g/mol. The van der Waals surface area contributed by atoms with Crippen LogP contribution in [0, 0.1) is 5.92 Å². The molecule has 1 atom stereocenters. The Morgan fingerprint density at radius 3 is 2.84 bits per heavy atom. The van der Waals surface area contributed by atoms with Crippen LogP contribution < -0.4 is 0 Å². The van der Waals surface area contributed by atoms with Gasteiger partial charge in [0, 0.05) is 5.75 Å². The maximum Gasteiger partial charge on any atom is 0.307 e. The third kappa shape index (κ3) is 3.54. The van der Waals surface area contributed by atoms with E-state index in [0.717, 1.165) is 5.69 Å². The number of hydrogen-bond acceptors (Lipinski definition) is 5. The number of para-hydroxylation sites is 1. The van der Waals surface area contributed by atoms with Crippen molar-refractivity contribution in [2.24, 2.45) is 5.92 Å². The highest BCUT2D eigenvalue weighted by atomic mass is 32.2. The van der Waals surface area contributed by atoms with Crippen LogP contribution in [-0.2, 0) is 10.5 Å². The van der Waals surface area contributed by atoms with Gasteiger partial charge in [-0.1, -0.05) is 25.1 Å². The van der Waals surface area contributed by atoms with Gasteiger partial charge in [-0.15, -0.1) is 5.10 Å². The fourth-order valence-corrected chi connectivity index (χ4v) is 2.44. The van der Waals surface area contributed by atoms with Crippen molar-refractivity contribution in [2.75, 3.05) is 5.75 Å². The highest BCUT2D eigenvalue weighted by molar-refractivity contribution is 7.98. The van der Waals surface area contributed by atoms with Crippen molar-refractivity contribution in [3.63, 3.8) is 0 Å². The van der Waals surface area contributed by atoms with E-state index in [9.17, 15) is 4.79 Å². The molecular formula is C12H14N4O2S. The summed E-state index contributed by atoms with van der Waals surface area (Å²) in [5, 5.41) is 20.4. The Bertz CT molecular complexity index is 544. The van der Waals surface area contributed by atoms with E-state index in [1.165, 1.54) is 11.8 Å². The van der Waals surface area contributed by atoms with Gasteiger partial charge in [0.2, 0.25) is 0 Å². The molecule has 0 saturated carbocycles. The summed E-state index contributed by atoms with van der Waals surface area (Å²) in [6.45, 7) is 1.69. The topological polar surface area (TPSA) is 80.9 Å². The lowest BCUT2D eigenvalue weighted by Gasteiger charge is -2.06. The molecule has 0 spiro atoms. The van der Waals surface area contributed by atoms with Crippen LogP contribution in [0.15, 0.2) is 30.3 Å². The average Bonchev–Trinajstić information content (AvgIpc) is 2.88. The first-order chi connectivity index (χ1) is 9.18. The Morgan fingerprint density at radius 1 is 1.42 bits per heavy atom. The number of tetrazole rings is 1. The molecule has 100 valence electrons. The van der Waals surface area contributed by atoms with E-state index in [4.69, 9.17) is 5.11 Å². The second kappa shape index (κ2) is 6.33. The zero-order valence-electron chi connectivity index (χ0n) is 10.4. The maximum atomic E-state index is 10.7. The minimum Gasteiger partial charge on any atom is -0.481 e. The van der Waals surface area contributed by atoms with Gasteiger partial charge < -0.3 is 5.11 Å². The quantitative estimate of drug-likeness (QED) is 0.864. The SMILES string of the molecule is CC(CSCc1nnnn1-c1ccccc1)C(=O)O. The van der Waals surface area contributed by atoms with Crippen LogP contribution in [0.1, 0.15) is 12.7 Å². The van der Waals surface area contributed by atoms with E-state index < -0.39 is 5.97 Å². The van der Waals surface area contributed by atoms with Gasteiger partial charge >= 0.3 is 5.97 Å². The van der Waals surface area contributed by atoms with Crippen LogP contribution in [0.25, 0.3) is 5.69 Å². The molecule has 1 aromatic heterocycles. The number of carboxylic acids is 1. The van der Waals surface area contributed by atoms with Gasteiger partial charge in [0.15, 0.2) is 5.82 Å². The summed E-state index contributed by atoms with van der Waals surface area (Å²) in [7, 11) is 0. The Hall–Kier alpha value is -1.89. The average molecular weight is 278 g/mol. The number of carboxylic acid groups (broad SMARTS) is 1. The van der Waals surface area contributed by atoms with E-state index in [-0.39, 0.29) is 5.92 Å². The number of hydrogen-bond donors (Lipinski definition) is 1. The fraction of sp³-hybridized carbons (Fsp3) is 0.333. The molecule has 1 heterocycles. The molecule has 7 heteroatoms. The first kappa shape index (κ1) is 13.5. The van der Waals surface area contributed by atoms with Crippen LogP contribution >= 0.6 is 11.8 Å². The molecule has 6 nitrogen and oxygen atoms in total. The summed E-state index contributed by atoms with van der Waals surface area (Å²) in [6, 6.07) is 9.60. The minimum absolute atomic E-state index is 0.369. The summed E-state index contributed by atoms with van der Waals surface area (Å²) in [4.78, 5) is 10.7. The number of rotatable bonds is 6. The Kier molecular flexibility index (Phi) is 4.51. The standard InChI is InChI=1S/C12H14N4O2S/c1-9(12(17)18)7-19-8-11-13-14-15-16(11)10-5-3-2-4-6-10/h2-6,9H,7-8H2,1H3,(H,17,18). The van der Waals surface area contributed by atoms with Gasteiger partial charge in [-0.2, -0.15) is 16.4 Å². The van der Waals surface area contributed by atoms with Crippen molar-refractivity contribution in [1.82, 2.24) is 20.2 Å². The van der Waals surface area contributed by atoms with Crippen LogP contribution in [0.5, 0.6) is 0 Å². The van der Waals surface area contributed by atoms with Crippen molar-refractivity contribution in [3.8, 4) is 5.69 Å².